The molecule has 1 saturated carbocycles. The van der Waals surface area contributed by atoms with E-state index in [9.17, 15) is 18.0 Å². The van der Waals surface area contributed by atoms with Crippen molar-refractivity contribution in [1.29, 1.82) is 0 Å². The van der Waals surface area contributed by atoms with E-state index < -0.39 is 12.7 Å². The van der Waals surface area contributed by atoms with Crippen LogP contribution in [0.3, 0.4) is 0 Å². The number of hydrogen-bond acceptors (Lipinski definition) is 5. The normalized spacial score (nSPS) is 31.7. The molecule has 31 heavy (non-hydrogen) atoms. The Morgan fingerprint density at radius 3 is 2.74 bits per heavy atom. The Kier molecular flexibility index (Phi) is 5.10. The third-order valence-corrected chi connectivity index (χ3v) is 7.60. The second kappa shape index (κ2) is 7.45. The minimum Gasteiger partial charge on any atom is -0.366 e. The number of carbonyl (C=O) groups is 1. The molecule has 4 aliphatic rings. The highest BCUT2D eigenvalue weighted by atomic mass is 19.4. The maximum atomic E-state index is 12.5. The van der Waals surface area contributed by atoms with E-state index >= 15 is 0 Å². The number of rotatable bonds is 5. The van der Waals surface area contributed by atoms with Crippen molar-refractivity contribution in [1.82, 2.24) is 25.1 Å². The van der Waals surface area contributed by atoms with Gasteiger partial charge in [0.25, 0.3) is 0 Å². The van der Waals surface area contributed by atoms with Gasteiger partial charge in [-0.15, -0.1) is 0 Å². The van der Waals surface area contributed by atoms with Gasteiger partial charge in [-0.3, -0.25) is 9.48 Å². The first-order chi connectivity index (χ1) is 14.7. The van der Waals surface area contributed by atoms with E-state index in [1.54, 1.807) is 6.20 Å². The molecule has 1 spiro atoms. The standard InChI is InChI=1S/C21H30F3N5O2/c1-2-20-13-28(4-3-17(20)31-10-18(30)26-20)29-11-19(12-29)6-15(7-19)5-16-8-25-27(9-16)14-21(22,23)24/h8-9,15,17H,2-7,10-14H2,1H3,(H,26,30)/t17-,20?/m0/s1. The quantitative estimate of drug-likeness (QED) is 0.757. The topological polar surface area (TPSA) is 62.6 Å². The first-order valence-corrected chi connectivity index (χ1v) is 11.2. The summed E-state index contributed by atoms with van der Waals surface area (Å²) in [6.45, 7) is 5.02. The van der Waals surface area contributed by atoms with E-state index in [4.69, 9.17) is 4.74 Å². The predicted octanol–water partition coefficient (Wildman–Crippen LogP) is 1.98. The van der Waals surface area contributed by atoms with Gasteiger partial charge >= 0.3 is 6.18 Å². The molecular weight excluding hydrogens is 411 g/mol. The first-order valence-electron chi connectivity index (χ1n) is 11.2. The largest absolute Gasteiger partial charge is 0.408 e. The lowest BCUT2D eigenvalue weighted by atomic mass is 9.57. The summed E-state index contributed by atoms with van der Waals surface area (Å²) in [6.07, 6.45) is 3.74. The predicted molar refractivity (Wildman–Crippen MR) is 106 cm³/mol. The van der Waals surface area contributed by atoms with Crippen LogP contribution in [0.5, 0.6) is 0 Å². The lowest BCUT2D eigenvalue weighted by Crippen LogP contribution is -2.75. The molecule has 4 fully saturated rings. The van der Waals surface area contributed by atoms with Crippen molar-refractivity contribution in [3.05, 3.63) is 18.0 Å². The van der Waals surface area contributed by atoms with Crippen molar-refractivity contribution in [3.8, 4) is 0 Å². The summed E-state index contributed by atoms with van der Waals surface area (Å²) >= 11 is 0. The zero-order valence-electron chi connectivity index (χ0n) is 17.8. The van der Waals surface area contributed by atoms with Crippen molar-refractivity contribution in [2.75, 3.05) is 32.8 Å². The number of fused-ring (bicyclic) bond motifs is 1. The van der Waals surface area contributed by atoms with Gasteiger partial charge in [0.1, 0.15) is 13.2 Å². The van der Waals surface area contributed by atoms with Crippen LogP contribution in [-0.4, -0.2) is 76.3 Å². The van der Waals surface area contributed by atoms with Gasteiger partial charge in [-0.1, -0.05) is 6.92 Å². The molecule has 10 heteroatoms. The Hall–Kier alpha value is -1.65. The highest BCUT2D eigenvalue weighted by molar-refractivity contribution is 5.79. The van der Waals surface area contributed by atoms with Crippen molar-refractivity contribution >= 4 is 5.91 Å². The van der Waals surface area contributed by atoms with Gasteiger partial charge in [0.2, 0.25) is 5.91 Å². The van der Waals surface area contributed by atoms with Crippen LogP contribution in [-0.2, 0) is 22.5 Å². The fourth-order valence-corrected chi connectivity index (χ4v) is 6.18. The second-order valence-corrected chi connectivity index (χ2v) is 10.00. The van der Waals surface area contributed by atoms with Crippen molar-refractivity contribution in [2.24, 2.45) is 11.3 Å². The number of nitrogens with zero attached hydrogens (tertiary/aromatic N) is 4. The van der Waals surface area contributed by atoms with Crippen LogP contribution in [0.4, 0.5) is 13.2 Å². The molecule has 5 rings (SSSR count). The summed E-state index contributed by atoms with van der Waals surface area (Å²) in [5.74, 6) is 0.491. The third-order valence-electron chi connectivity index (χ3n) is 7.60. The molecule has 0 radical (unpaired) electrons. The van der Waals surface area contributed by atoms with E-state index in [0.29, 0.717) is 11.3 Å². The van der Waals surface area contributed by atoms with Crippen molar-refractivity contribution in [3.63, 3.8) is 0 Å². The van der Waals surface area contributed by atoms with Crippen LogP contribution in [0.25, 0.3) is 0 Å². The molecule has 3 saturated heterocycles. The summed E-state index contributed by atoms with van der Waals surface area (Å²) in [5, 5.41) is 11.8. The third kappa shape index (κ3) is 4.09. The fraction of sp³-hybridized carbons (Fsp3) is 0.810. The molecule has 1 amide bonds. The fourth-order valence-electron chi connectivity index (χ4n) is 6.18. The van der Waals surface area contributed by atoms with Crippen LogP contribution in [0.1, 0.15) is 38.2 Å². The molecule has 1 unspecified atom stereocenters. The molecule has 1 aromatic rings. The minimum atomic E-state index is -4.24. The van der Waals surface area contributed by atoms with Gasteiger partial charge in [0.15, 0.2) is 0 Å². The summed E-state index contributed by atoms with van der Waals surface area (Å²) in [5.41, 5.74) is 0.935. The summed E-state index contributed by atoms with van der Waals surface area (Å²) in [7, 11) is 0. The number of halogens is 3. The van der Waals surface area contributed by atoms with Crippen LogP contribution in [0.15, 0.2) is 12.4 Å². The van der Waals surface area contributed by atoms with Crippen LogP contribution in [0, 0.1) is 11.3 Å². The number of ether oxygens (including phenoxy) is 1. The van der Waals surface area contributed by atoms with Crippen LogP contribution < -0.4 is 5.32 Å². The molecule has 1 N–H and O–H groups in total. The Morgan fingerprint density at radius 2 is 2.03 bits per heavy atom. The van der Waals surface area contributed by atoms with Crippen molar-refractivity contribution in [2.45, 2.75) is 63.4 Å². The van der Waals surface area contributed by atoms with E-state index in [1.807, 2.05) is 0 Å². The maximum absolute atomic E-state index is 12.5. The lowest BCUT2D eigenvalue weighted by Gasteiger charge is -2.63. The average Bonchev–Trinajstić information content (AvgIpc) is 3.06. The summed E-state index contributed by atoms with van der Waals surface area (Å²) < 4.78 is 44.3. The molecule has 1 aromatic heterocycles. The number of hydrogen-bond donors (Lipinski definition) is 1. The number of nitrogens with one attached hydrogen (secondary N) is 1. The Morgan fingerprint density at radius 1 is 1.26 bits per heavy atom. The smallest absolute Gasteiger partial charge is 0.366 e. The number of hydrazine groups is 1. The van der Waals surface area contributed by atoms with E-state index in [2.05, 4.69) is 27.4 Å². The van der Waals surface area contributed by atoms with Gasteiger partial charge in [-0.2, -0.15) is 18.3 Å². The summed E-state index contributed by atoms with van der Waals surface area (Å²) in [6, 6.07) is 0. The van der Waals surface area contributed by atoms with Gasteiger partial charge in [0, 0.05) is 32.4 Å². The number of aromatic nitrogens is 2. The molecule has 3 aliphatic heterocycles. The molecule has 1 aliphatic carbocycles. The zero-order chi connectivity index (χ0) is 21.9. The number of morpholine rings is 1. The SMILES string of the molecule is CCC12CN(N3CC4(CC(Cc5cnn(CC(F)(F)F)c5)C4)C3)CC[C@@H]1OCC(=O)N2. The van der Waals surface area contributed by atoms with E-state index in [-0.39, 0.29) is 24.2 Å². The molecule has 0 aromatic carbocycles. The van der Waals surface area contributed by atoms with E-state index in [1.165, 1.54) is 6.20 Å². The zero-order valence-corrected chi connectivity index (χ0v) is 17.8. The summed E-state index contributed by atoms with van der Waals surface area (Å²) in [4.78, 5) is 11.9. The van der Waals surface area contributed by atoms with Crippen LogP contribution in [0.2, 0.25) is 0 Å². The first kappa shape index (κ1) is 21.2. The molecule has 0 bridgehead atoms. The number of piperidine rings is 1. The number of amides is 1. The molecule has 172 valence electrons. The number of alkyl halides is 3. The lowest BCUT2D eigenvalue weighted by molar-refractivity contribution is -0.224. The Labute approximate surface area is 179 Å². The second-order valence-electron chi connectivity index (χ2n) is 10.00. The van der Waals surface area contributed by atoms with Crippen molar-refractivity contribution < 1.29 is 22.7 Å². The highest BCUT2D eigenvalue weighted by Crippen LogP contribution is 2.53. The Balaban J connectivity index is 1.10. The minimum absolute atomic E-state index is 0.0274. The van der Waals surface area contributed by atoms with Gasteiger partial charge < -0.3 is 10.1 Å². The molecule has 4 heterocycles. The average molecular weight is 441 g/mol. The molecule has 2 atom stereocenters. The monoisotopic (exact) mass is 441 g/mol. The number of carbonyl (C=O) groups excluding carboxylic acids is 1. The van der Waals surface area contributed by atoms with Gasteiger partial charge in [-0.25, -0.2) is 10.0 Å². The van der Waals surface area contributed by atoms with Gasteiger partial charge in [0.05, 0.1) is 17.8 Å². The van der Waals surface area contributed by atoms with E-state index in [0.717, 1.165) is 68.5 Å². The molecule has 7 nitrogen and oxygen atoms in total. The molecular formula is C21H30F3N5O2. The van der Waals surface area contributed by atoms with Crippen LogP contribution >= 0.6 is 0 Å². The maximum Gasteiger partial charge on any atom is 0.408 e. The van der Waals surface area contributed by atoms with Gasteiger partial charge in [-0.05, 0) is 49.0 Å². The Bertz CT molecular complexity index is 829. The highest BCUT2D eigenvalue weighted by Gasteiger charge is 2.56.